The fourth-order valence-electron chi connectivity index (χ4n) is 3.91. The molecule has 0 saturated heterocycles. The maximum Gasteiger partial charge on any atom is 0.407 e. The molecule has 2 amide bonds. The molecule has 0 spiro atoms. The Morgan fingerprint density at radius 2 is 2.03 bits per heavy atom. The lowest BCUT2D eigenvalue weighted by atomic mass is 9.96. The van der Waals surface area contributed by atoms with E-state index < -0.39 is 6.09 Å². The van der Waals surface area contributed by atoms with Gasteiger partial charge in [0.15, 0.2) is 5.16 Å². The van der Waals surface area contributed by atoms with Gasteiger partial charge in [-0.25, -0.2) is 14.8 Å². The molecule has 0 unspecified atom stereocenters. The molecule has 1 aliphatic rings. The third-order valence-corrected chi connectivity index (χ3v) is 6.12. The van der Waals surface area contributed by atoms with Crippen molar-refractivity contribution in [2.45, 2.75) is 32.5 Å². The van der Waals surface area contributed by atoms with E-state index in [1.165, 1.54) is 16.7 Å². The van der Waals surface area contributed by atoms with Crippen LogP contribution in [-0.4, -0.2) is 75.1 Å². The smallest absolute Gasteiger partial charge is 0.407 e. The van der Waals surface area contributed by atoms with E-state index in [-0.39, 0.29) is 29.6 Å². The zero-order valence-electron chi connectivity index (χ0n) is 20.9. The van der Waals surface area contributed by atoms with Gasteiger partial charge in [0.1, 0.15) is 17.9 Å². The molecule has 1 aromatic carbocycles. The molecule has 1 N–H and O–H groups in total. The summed E-state index contributed by atoms with van der Waals surface area (Å²) in [7, 11) is 1.91. The number of carboxylic acid groups (broad SMARTS) is 1. The van der Waals surface area contributed by atoms with E-state index in [1.54, 1.807) is 23.2 Å². The van der Waals surface area contributed by atoms with Crippen LogP contribution in [0.4, 0.5) is 16.3 Å². The number of hydrogen-bond donors (Lipinski definition) is 1. The second-order valence-electron chi connectivity index (χ2n) is 9.72. The van der Waals surface area contributed by atoms with Gasteiger partial charge in [0, 0.05) is 44.1 Å². The molecule has 36 heavy (non-hydrogen) atoms. The SMILES string of the molecule is CSc1ncc2c(n1)N(C)CCN(c1cccc(-c3nnc(CN(CC(C)(C)C)C(=O)O)o3)c1)C2=O. The van der Waals surface area contributed by atoms with E-state index in [0.717, 1.165) is 0 Å². The van der Waals surface area contributed by atoms with Gasteiger partial charge >= 0.3 is 6.09 Å². The van der Waals surface area contributed by atoms with Crippen molar-refractivity contribution >= 4 is 35.3 Å². The predicted octanol–water partition coefficient (Wildman–Crippen LogP) is 3.87. The monoisotopic (exact) mass is 511 g/mol. The van der Waals surface area contributed by atoms with Crippen LogP contribution >= 0.6 is 11.8 Å². The summed E-state index contributed by atoms with van der Waals surface area (Å²) in [4.78, 5) is 38.8. The van der Waals surface area contributed by atoms with Gasteiger partial charge < -0.3 is 19.3 Å². The molecule has 0 atom stereocenters. The van der Waals surface area contributed by atoms with Gasteiger partial charge in [-0.1, -0.05) is 38.6 Å². The maximum atomic E-state index is 13.4. The number of nitrogens with zero attached hydrogens (tertiary/aromatic N) is 7. The molecule has 0 radical (unpaired) electrons. The summed E-state index contributed by atoms with van der Waals surface area (Å²) < 4.78 is 5.80. The van der Waals surface area contributed by atoms with Crippen LogP contribution in [-0.2, 0) is 6.54 Å². The van der Waals surface area contributed by atoms with Crippen LogP contribution in [0.15, 0.2) is 40.0 Å². The number of thioether (sulfide) groups is 1. The van der Waals surface area contributed by atoms with E-state index in [0.29, 0.717) is 47.4 Å². The van der Waals surface area contributed by atoms with Gasteiger partial charge in [0.05, 0.1) is 0 Å². The van der Waals surface area contributed by atoms with Gasteiger partial charge in [0.2, 0.25) is 11.8 Å². The maximum absolute atomic E-state index is 13.4. The lowest BCUT2D eigenvalue weighted by Gasteiger charge is -2.26. The van der Waals surface area contributed by atoms with Gasteiger partial charge in [-0.2, -0.15) is 0 Å². The summed E-state index contributed by atoms with van der Waals surface area (Å²) in [5, 5.41) is 18.3. The molecule has 190 valence electrons. The number of fused-ring (bicyclic) bond motifs is 1. The van der Waals surface area contributed by atoms with Gasteiger partial charge in [0.25, 0.3) is 5.91 Å². The molecule has 1 aliphatic heterocycles. The Bertz CT molecular complexity index is 1270. The first-order chi connectivity index (χ1) is 17.1. The molecule has 0 aliphatic carbocycles. The summed E-state index contributed by atoms with van der Waals surface area (Å²) in [6.07, 6.45) is 2.42. The zero-order valence-corrected chi connectivity index (χ0v) is 21.7. The van der Waals surface area contributed by atoms with E-state index in [2.05, 4.69) is 20.2 Å². The van der Waals surface area contributed by atoms with Crippen LogP contribution in [0.1, 0.15) is 37.0 Å². The van der Waals surface area contributed by atoms with Crippen molar-refractivity contribution in [1.29, 1.82) is 0 Å². The van der Waals surface area contributed by atoms with Crippen LogP contribution < -0.4 is 9.80 Å². The number of amides is 2. The van der Waals surface area contributed by atoms with E-state index in [4.69, 9.17) is 4.42 Å². The molecular weight excluding hydrogens is 482 g/mol. The third-order valence-electron chi connectivity index (χ3n) is 5.56. The molecule has 11 nitrogen and oxygen atoms in total. The Balaban J connectivity index is 1.58. The molecule has 2 aromatic heterocycles. The number of hydrogen-bond acceptors (Lipinski definition) is 9. The molecule has 0 fully saturated rings. The van der Waals surface area contributed by atoms with Gasteiger partial charge in [-0.15, -0.1) is 10.2 Å². The first-order valence-corrected chi connectivity index (χ1v) is 12.6. The Morgan fingerprint density at radius 1 is 1.25 bits per heavy atom. The molecule has 4 rings (SSSR count). The van der Waals surface area contributed by atoms with Crippen molar-refractivity contribution in [3.63, 3.8) is 0 Å². The minimum absolute atomic E-state index is 0.00887. The first kappa shape index (κ1) is 25.4. The normalized spacial score (nSPS) is 14.0. The highest BCUT2D eigenvalue weighted by molar-refractivity contribution is 7.98. The minimum atomic E-state index is -1.05. The van der Waals surface area contributed by atoms with Crippen LogP contribution in [0.25, 0.3) is 11.5 Å². The van der Waals surface area contributed by atoms with Crippen molar-refractivity contribution in [2.24, 2.45) is 5.41 Å². The number of anilines is 2. The fourth-order valence-corrected chi connectivity index (χ4v) is 4.25. The second-order valence-corrected chi connectivity index (χ2v) is 10.5. The lowest BCUT2D eigenvalue weighted by molar-refractivity contribution is 0.0989. The Morgan fingerprint density at radius 3 is 2.72 bits per heavy atom. The summed E-state index contributed by atoms with van der Waals surface area (Å²) in [5.41, 5.74) is 1.52. The minimum Gasteiger partial charge on any atom is -0.465 e. The van der Waals surface area contributed by atoms with Crippen molar-refractivity contribution in [1.82, 2.24) is 25.1 Å². The average Bonchev–Trinajstić information content (AvgIpc) is 3.26. The quantitative estimate of drug-likeness (QED) is 0.384. The molecule has 0 bridgehead atoms. The van der Waals surface area contributed by atoms with Crippen molar-refractivity contribution in [2.75, 3.05) is 42.7 Å². The van der Waals surface area contributed by atoms with Crippen molar-refractivity contribution in [3.8, 4) is 11.5 Å². The lowest BCUT2D eigenvalue weighted by Crippen LogP contribution is -2.36. The van der Waals surface area contributed by atoms with E-state index in [1.807, 2.05) is 51.1 Å². The number of carbonyl (C=O) groups is 2. The summed E-state index contributed by atoms with van der Waals surface area (Å²) in [5.74, 6) is 0.869. The molecular formula is C24H29N7O4S. The number of carbonyl (C=O) groups excluding carboxylic acids is 1. The standard InChI is InChI=1S/C24H29N7O4S/c1-24(2,3)14-30(23(33)34)13-18-27-28-20(35-18)15-7-6-8-16(11-15)31-10-9-29(4)19-17(21(31)32)12-25-22(26-19)36-5/h6-8,11-12H,9-10,13-14H2,1-5H3,(H,33,34). The summed E-state index contributed by atoms with van der Waals surface area (Å²) in [6, 6.07) is 7.27. The first-order valence-electron chi connectivity index (χ1n) is 11.4. The number of likely N-dealkylation sites (N-methyl/N-ethyl adjacent to an activating group) is 1. The van der Waals surface area contributed by atoms with Crippen LogP contribution in [0.3, 0.4) is 0 Å². The number of benzene rings is 1. The Hall–Kier alpha value is -3.67. The average molecular weight is 512 g/mol. The summed E-state index contributed by atoms with van der Waals surface area (Å²) in [6.45, 7) is 7.25. The predicted molar refractivity (Wildman–Crippen MR) is 136 cm³/mol. The fraction of sp³-hybridized carbons (Fsp3) is 0.417. The topological polar surface area (TPSA) is 129 Å². The number of aromatic nitrogens is 4. The second kappa shape index (κ2) is 10.1. The Kier molecular flexibility index (Phi) is 7.16. The van der Waals surface area contributed by atoms with Crippen molar-refractivity contribution in [3.05, 3.63) is 41.9 Å². The number of rotatable bonds is 6. The largest absolute Gasteiger partial charge is 0.465 e. The molecule has 3 heterocycles. The van der Waals surface area contributed by atoms with Gasteiger partial charge in [-0.3, -0.25) is 9.69 Å². The van der Waals surface area contributed by atoms with E-state index in [9.17, 15) is 14.7 Å². The third kappa shape index (κ3) is 5.59. The van der Waals surface area contributed by atoms with Crippen molar-refractivity contribution < 1.29 is 19.1 Å². The van der Waals surface area contributed by atoms with Crippen LogP contribution in [0, 0.1) is 5.41 Å². The zero-order chi connectivity index (χ0) is 26.0. The highest BCUT2D eigenvalue weighted by atomic mass is 32.2. The summed E-state index contributed by atoms with van der Waals surface area (Å²) >= 11 is 1.43. The van der Waals surface area contributed by atoms with Gasteiger partial charge in [-0.05, 0) is 29.9 Å². The van der Waals surface area contributed by atoms with Crippen LogP contribution in [0.5, 0.6) is 0 Å². The van der Waals surface area contributed by atoms with E-state index >= 15 is 0 Å². The highest BCUT2D eigenvalue weighted by Crippen LogP contribution is 2.29. The highest BCUT2D eigenvalue weighted by Gasteiger charge is 2.28. The van der Waals surface area contributed by atoms with Crippen LogP contribution in [0.2, 0.25) is 0 Å². The molecule has 12 heteroatoms. The molecule has 0 saturated carbocycles. The molecule has 3 aromatic rings. The Labute approximate surface area is 213 Å².